The lowest BCUT2D eigenvalue weighted by atomic mass is 10.3. The molecule has 0 heterocycles. The van der Waals surface area contributed by atoms with Crippen molar-refractivity contribution in [3.63, 3.8) is 0 Å². The number of hydrogen-bond acceptors (Lipinski definition) is 3. The molecule has 0 bridgehead atoms. The summed E-state index contributed by atoms with van der Waals surface area (Å²) in [6.07, 6.45) is 0. The molecule has 0 fully saturated rings. The molecule has 0 atom stereocenters. The highest BCUT2D eigenvalue weighted by Gasteiger charge is 2.03. The summed E-state index contributed by atoms with van der Waals surface area (Å²) in [5, 5.41) is 0.493. The third-order valence-electron chi connectivity index (χ3n) is 1.32. The van der Waals surface area contributed by atoms with Crippen molar-refractivity contribution in [2.45, 2.75) is 0 Å². The van der Waals surface area contributed by atoms with Crippen molar-refractivity contribution in [1.29, 1.82) is 0 Å². The summed E-state index contributed by atoms with van der Waals surface area (Å²) in [6.45, 7) is 0.147. The summed E-state index contributed by atoms with van der Waals surface area (Å²) >= 11 is 5.80. The Kier molecular flexibility index (Phi) is 3.19. The van der Waals surface area contributed by atoms with Crippen LogP contribution in [0.4, 0.5) is 5.69 Å². The molecule has 1 aromatic carbocycles. The van der Waals surface area contributed by atoms with Gasteiger partial charge in [-0.1, -0.05) is 17.7 Å². The summed E-state index contributed by atoms with van der Waals surface area (Å²) in [7, 11) is 1.53. The van der Waals surface area contributed by atoms with Crippen molar-refractivity contribution in [3.8, 4) is 5.75 Å². The van der Waals surface area contributed by atoms with Crippen LogP contribution in [0, 0.1) is 0 Å². The first kappa shape index (κ1) is 9.16. The first-order valence-electron chi connectivity index (χ1n) is 3.41. The number of halogens is 1. The first-order valence-corrected chi connectivity index (χ1v) is 3.79. The van der Waals surface area contributed by atoms with Gasteiger partial charge in [0, 0.05) is 7.11 Å². The molecule has 4 heteroatoms. The summed E-state index contributed by atoms with van der Waals surface area (Å²) in [5.41, 5.74) is 6.11. The molecule has 0 saturated carbocycles. The number of para-hydroxylation sites is 1. The average Bonchev–Trinajstić information content (AvgIpc) is 2.04. The van der Waals surface area contributed by atoms with Gasteiger partial charge in [-0.2, -0.15) is 0 Å². The van der Waals surface area contributed by atoms with Crippen LogP contribution >= 0.6 is 11.6 Å². The van der Waals surface area contributed by atoms with E-state index in [0.717, 1.165) is 0 Å². The lowest BCUT2D eigenvalue weighted by molar-refractivity contribution is 0.0517. The van der Waals surface area contributed by atoms with E-state index in [1.165, 1.54) is 7.11 Å². The molecule has 12 heavy (non-hydrogen) atoms. The number of anilines is 1. The fraction of sp³-hybridized carbons (Fsp3) is 0.250. The second-order valence-corrected chi connectivity index (χ2v) is 2.62. The van der Waals surface area contributed by atoms with Crippen LogP contribution in [0.1, 0.15) is 0 Å². The Hall–Kier alpha value is -0.930. The van der Waals surface area contributed by atoms with Crippen LogP contribution in [0.2, 0.25) is 5.02 Å². The highest BCUT2D eigenvalue weighted by Crippen LogP contribution is 2.30. The minimum atomic E-state index is 0.147. The van der Waals surface area contributed by atoms with Gasteiger partial charge in [0.2, 0.25) is 0 Å². The monoisotopic (exact) mass is 187 g/mol. The number of nitrogens with two attached hydrogens (primary N) is 1. The van der Waals surface area contributed by atoms with Crippen LogP contribution in [0.25, 0.3) is 0 Å². The molecule has 0 aliphatic carbocycles. The SMILES string of the molecule is COCOc1c(N)cccc1Cl. The van der Waals surface area contributed by atoms with E-state index >= 15 is 0 Å². The number of ether oxygens (including phenoxy) is 2. The second-order valence-electron chi connectivity index (χ2n) is 2.21. The quantitative estimate of drug-likeness (QED) is 0.581. The zero-order valence-corrected chi connectivity index (χ0v) is 7.47. The van der Waals surface area contributed by atoms with Crippen LogP contribution in [-0.4, -0.2) is 13.9 Å². The molecule has 2 N–H and O–H groups in total. The number of methoxy groups -OCH3 is 1. The van der Waals surface area contributed by atoms with Crippen molar-refractivity contribution in [1.82, 2.24) is 0 Å². The van der Waals surface area contributed by atoms with Crippen molar-refractivity contribution in [3.05, 3.63) is 23.2 Å². The lowest BCUT2D eigenvalue weighted by Gasteiger charge is -2.08. The Balaban J connectivity index is 2.81. The number of hydrogen-bond donors (Lipinski definition) is 1. The van der Waals surface area contributed by atoms with Crippen molar-refractivity contribution in [2.24, 2.45) is 0 Å². The Labute approximate surface area is 76.0 Å². The zero-order chi connectivity index (χ0) is 8.97. The summed E-state index contributed by atoms with van der Waals surface area (Å²) in [4.78, 5) is 0. The Morgan fingerprint density at radius 3 is 2.83 bits per heavy atom. The summed E-state index contributed by atoms with van der Waals surface area (Å²) < 4.78 is 9.86. The maximum Gasteiger partial charge on any atom is 0.188 e. The molecule has 0 aliphatic rings. The van der Waals surface area contributed by atoms with Gasteiger partial charge < -0.3 is 15.2 Å². The van der Waals surface area contributed by atoms with Crippen molar-refractivity contribution < 1.29 is 9.47 Å². The van der Waals surface area contributed by atoms with Crippen LogP contribution < -0.4 is 10.5 Å². The Morgan fingerprint density at radius 2 is 2.25 bits per heavy atom. The van der Waals surface area contributed by atoms with Crippen molar-refractivity contribution >= 4 is 17.3 Å². The van der Waals surface area contributed by atoms with E-state index in [-0.39, 0.29) is 6.79 Å². The minimum Gasteiger partial charge on any atom is -0.464 e. The molecule has 1 rings (SSSR count). The Morgan fingerprint density at radius 1 is 1.50 bits per heavy atom. The molecular formula is C8H10ClNO2. The number of rotatable bonds is 3. The van der Waals surface area contributed by atoms with Crippen LogP contribution in [-0.2, 0) is 4.74 Å². The van der Waals surface area contributed by atoms with Crippen molar-refractivity contribution in [2.75, 3.05) is 19.6 Å². The number of nitrogen functional groups attached to an aromatic ring is 1. The first-order chi connectivity index (χ1) is 5.75. The van der Waals surface area contributed by atoms with Crippen LogP contribution in [0.15, 0.2) is 18.2 Å². The fourth-order valence-electron chi connectivity index (χ4n) is 0.796. The molecule has 0 aromatic heterocycles. The minimum absolute atomic E-state index is 0.147. The maximum absolute atomic E-state index is 5.80. The average molecular weight is 188 g/mol. The Bertz CT molecular complexity index is 245. The topological polar surface area (TPSA) is 44.5 Å². The number of benzene rings is 1. The zero-order valence-electron chi connectivity index (χ0n) is 6.71. The van der Waals surface area contributed by atoms with Crippen LogP contribution in [0.3, 0.4) is 0 Å². The van der Waals surface area contributed by atoms with Gasteiger partial charge in [0.1, 0.15) is 0 Å². The molecule has 66 valence electrons. The molecule has 0 spiro atoms. The van der Waals surface area contributed by atoms with Gasteiger partial charge in [0.25, 0.3) is 0 Å². The standard InChI is InChI=1S/C8H10ClNO2/c1-11-5-12-8-6(9)3-2-4-7(8)10/h2-4H,5,10H2,1H3. The fourth-order valence-corrected chi connectivity index (χ4v) is 1.03. The molecule has 3 nitrogen and oxygen atoms in total. The summed E-state index contributed by atoms with van der Waals surface area (Å²) in [6, 6.07) is 5.19. The van der Waals surface area contributed by atoms with Gasteiger partial charge >= 0.3 is 0 Å². The van der Waals surface area contributed by atoms with Gasteiger partial charge in [-0.25, -0.2) is 0 Å². The van der Waals surface area contributed by atoms with Crippen LogP contribution in [0.5, 0.6) is 5.75 Å². The third-order valence-corrected chi connectivity index (χ3v) is 1.62. The predicted octanol–water partition coefficient (Wildman–Crippen LogP) is 1.90. The van der Waals surface area contributed by atoms with Gasteiger partial charge in [0.05, 0.1) is 10.7 Å². The highest BCUT2D eigenvalue weighted by atomic mass is 35.5. The highest BCUT2D eigenvalue weighted by molar-refractivity contribution is 6.32. The van der Waals surface area contributed by atoms with Gasteiger partial charge in [0.15, 0.2) is 12.5 Å². The molecular weight excluding hydrogens is 178 g/mol. The van der Waals surface area contributed by atoms with Gasteiger partial charge in [-0.3, -0.25) is 0 Å². The van der Waals surface area contributed by atoms with E-state index in [2.05, 4.69) is 0 Å². The molecule has 0 unspecified atom stereocenters. The maximum atomic E-state index is 5.80. The molecule has 0 amide bonds. The lowest BCUT2D eigenvalue weighted by Crippen LogP contribution is -2.01. The van der Waals surface area contributed by atoms with E-state index in [1.807, 2.05) is 0 Å². The molecule has 0 aliphatic heterocycles. The van der Waals surface area contributed by atoms with Gasteiger partial charge in [-0.05, 0) is 12.1 Å². The van der Waals surface area contributed by atoms with E-state index in [9.17, 15) is 0 Å². The third kappa shape index (κ3) is 2.03. The molecule has 1 aromatic rings. The van der Waals surface area contributed by atoms with E-state index in [0.29, 0.717) is 16.5 Å². The van der Waals surface area contributed by atoms with E-state index in [4.69, 9.17) is 26.8 Å². The summed E-state index contributed by atoms with van der Waals surface area (Å²) in [5.74, 6) is 0.473. The largest absolute Gasteiger partial charge is 0.464 e. The second kappa shape index (κ2) is 4.18. The molecule has 0 saturated heterocycles. The van der Waals surface area contributed by atoms with E-state index in [1.54, 1.807) is 18.2 Å². The smallest absolute Gasteiger partial charge is 0.188 e. The predicted molar refractivity (Wildman–Crippen MR) is 48.4 cm³/mol. The molecule has 0 radical (unpaired) electrons. The van der Waals surface area contributed by atoms with Gasteiger partial charge in [-0.15, -0.1) is 0 Å². The normalized spacial score (nSPS) is 9.83. The van der Waals surface area contributed by atoms with E-state index < -0.39 is 0 Å².